The first-order valence-electron chi connectivity index (χ1n) is 10.8. The van der Waals surface area contributed by atoms with Crippen molar-refractivity contribution in [1.82, 2.24) is 20.2 Å². The van der Waals surface area contributed by atoms with Crippen molar-refractivity contribution in [3.05, 3.63) is 74.6 Å². The van der Waals surface area contributed by atoms with Crippen molar-refractivity contribution in [3.63, 3.8) is 0 Å². The highest BCUT2D eigenvalue weighted by Gasteiger charge is 2.41. The van der Waals surface area contributed by atoms with Gasteiger partial charge in [0.15, 0.2) is 0 Å². The van der Waals surface area contributed by atoms with Crippen LogP contribution in [-0.4, -0.2) is 70.2 Å². The molecule has 2 amide bonds. The van der Waals surface area contributed by atoms with Crippen LogP contribution in [0.4, 0.5) is 0 Å². The van der Waals surface area contributed by atoms with Gasteiger partial charge >= 0.3 is 0 Å². The Morgan fingerprint density at radius 2 is 1.74 bits per heavy atom. The lowest BCUT2D eigenvalue weighted by atomic mass is 10.0. The lowest BCUT2D eigenvalue weighted by molar-refractivity contribution is -0.136. The quantitative estimate of drug-likeness (QED) is 0.445. The maximum atomic E-state index is 13.5. The van der Waals surface area contributed by atoms with E-state index in [4.69, 9.17) is 35.4 Å². The minimum atomic E-state index is -0.790. The fourth-order valence-electron chi connectivity index (χ4n) is 3.82. The van der Waals surface area contributed by atoms with Crippen LogP contribution in [0.25, 0.3) is 6.08 Å². The molecule has 178 valence electrons. The second-order valence-electron chi connectivity index (χ2n) is 8.16. The van der Waals surface area contributed by atoms with Gasteiger partial charge in [-0.25, -0.2) is 5.01 Å². The number of carbonyl (C=O) groups excluding carboxylic acids is 2. The molecule has 4 rings (SSSR count). The molecule has 6 nitrogen and oxygen atoms in total. The van der Waals surface area contributed by atoms with E-state index >= 15 is 0 Å². The van der Waals surface area contributed by atoms with Crippen molar-refractivity contribution >= 4 is 69.4 Å². The van der Waals surface area contributed by atoms with Crippen molar-refractivity contribution in [1.29, 1.82) is 0 Å². The van der Waals surface area contributed by atoms with Crippen LogP contribution in [0.5, 0.6) is 0 Å². The largest absolute Gasteiger partial charge is 0.304 e. The number of halogens is 2. The molecule has 2 aromatic carbocycles. The van der Waals surface area contributed by atoms with Gasteiger partial charge < -0.3 is 4.90 Å². The van der Waals surface area contributed by atoms with Gasteiger partial charge in [0.25, 0.3) is 11.8 Å². The van der Waals surface area contributed by atoms with Crippen molar-refractivity contribution in [2.75, 3.05) is 33.2 Å². The minimum Gasteiger partial charge on any atom is -0.304 e. The Hall–Kier alpha value is -1.94. The van der Waals surface area contributed by atoms with Gasteiger partial charge in [0.05, 0.1) is 4.91 Å². The summed E-state index contributed by atoms with van der Waals surface area (Å²) in [5.41, 5.74) is 4.49. The number of hydrazine groups is 1. The smallest absolute Gasteiger partial charge is 0.266 e. The number of hydrogen-bond donors (Lipinski definition) is 1. The Bertz CT molecular complexity index is 1100. The Labute approximate surface area is 218 Å². The number of nitrogens with one attached hydrogen (secondary N) is 1. The summed E-state index contributed by atoms with van der Waals surface area (Å²) in [7, 11) is 2.05. The number of hydrogen-bond acceptors (Lipinski definition) is 6. The van der Waals surface area contributed by atoms with E-state index in [1.165, 1.54) is 4.90 Å². The Morgan fingerprint density at radius 3 is 2.38 bits per heavy atom. The number of nitrogens with zero attached hydrogens (tertiary/aromatic N) is 3. The average Bonchev–Trinajstić information content (AvgIpc) is 3.09. The number of thioether (sulfide) groups is 1. The highest BCUT2D eigenvalue weighted by molar-refractivity contribution is 8.26. The SMILES string of the molecule is CN1CCN(NC(=O)[C@H](Cc2ccccc2)N2C(=O)/C(=C/c3c(Cl)cccc3Cl)SC2=S)CC1. The zero-order chi connectivity index (χ0) is 24.2. The Kier molecular flexibility index (Phi) is 8.29. The molecule has 2 saturated heterocycles. The number of piperazine rings is 1. The van der Waals surface area contributed by atoms with Gasteiger partial charge in [-0.2, -0.15) is 0 Å². The summed E-state index contributed by atoms with van der Waals surface area (Å²) in [5, 5.41) is 2.77. The standard InChI is InChI=1S/C24H24Cl2N4O2S2/c1-28-10-12-29(13-11-28)27-22(31)20(14-16-6-3-2-4-7-16)30-23(32)21(34-24(30)33)15-17-18(25)8-5-9-19(17)26/h2-9,15,20H,10-14H2,1H3,(H,27,31)/b21-15-/t20-/m0/s1. The summed E-state index contributed by atoms with van der Waals surface area (Å²) in [4.78, 5) is 30.9. The van der Waals surface area contributed by atoms with Crippen LogP contribution < -0.4 is 5.43 Å². The van der Waals surface area contributed by atoms with Gasteiger partial charge in [-0.15, -0.1) is 0 Å². The number of carbonyl (C=O) groups is 2. The van der Waals surface area contributed by atoms with E-state index in [1.807, 2.05) is 35.3 Å². The fourth-order valence-corrected chi connectivity index (χ4v) is 5.66. The average molecular weight is 536 g/mol. The van der Waals surface area contributed by atoms with E-state index in [0.29, 0.717) is 44.3 Å². The molecular formula is C24H24Cl2N4O2S2. The lowest BCUT2D eigenvalue weighted by Gasteiger charge is -2.34. The molecule has 1 N–H and O–H groups in total. The normalized spacial score (nSPS) is 19.6. The highest BCUT2D eigenvalue weighted by atomic mass is 35.5. The first-order chi connectivity index (χ1) is 16.3. The summed E-state index contributed by atoms with van der Waals surface area (Å²) in [6.45, 7) is 3.13. The number of thiocarbonyl (C=S) groups is 1. The van der Waals surface area contributed by atoms with E-state index in [0.717, 1.165) is 30.4 Å². The van der Waals surface area contributed by atoms with Crippen LogP contribution in [0.2, 0.25) is 10.0 Å². The topological polar surface area (TPSA) is 55.9 Å². The molecule has 1 atom stereocenters. The molecule has 10 heteroatoms. The fraction of sp³-hybridized carbons (Fsp3) is 0.292. The molecule has 2 fully saturated rings. The molecule has 0 radical (unpaired) electrons. The van der Waals surface area contributed by atoms with Crippen LogP contribution in [0.3, 0.4) is 0 Å². The van der Waals surface area contributed by atoms with Gasteiger partial charge in [0.1, 0.15) is 10.4 Å². The molecule has 2 aliphatic heterocycles. The third kappa shape index (κ3) is 5.82. The first-order valence-corrected chi connectivity index (χ1v) is 12.8. The molecule has 2 aliphatic rings. The van der Waals surface area contributed by atoms with Crippen LogP contribution in [0.15, 0.2) is 53.4 Å². The van der Waals surface area contributed by atoms with Gasteiger partial charge in [-0.05, 0) is 30.8 Å². The van der Waals surface area contributed by atoms with Gasteiger partial charge in [-0.1, -0.05) is 83.6 Å². The van der Waals surface area contributed by atoms with Crippen molar-refractivity contribution in [2.45, 2.75) is 12.5 Å². The van der Waals surface area contributed by atoms with Crippen molar-refractivity contribution < 1.29 is 9.59 Å². The van der Waals surface area contributed by atoms with Crippen LogP contribution in [-0.2, 0) is 16.0 Å². The van der Waals surface area contributed by atoms with Gasteiger partial charge in [-0.3, -0.25) is 19.9 Å². The Balaban J connectivity index is 1.61. The highest BCUT2D eigenvalue weighted by Crippen LogP contribution is 2.37. The number of rotatable bonds is 6. The summed E-state index contributed by atoms with van der Waals surface area (Å²) in [6, 6.07) is 14.0. The molecule has 0 aliphatic carbocycles. The van der Waals surface area contributed by atoms with Crippen molar-refractivity contribution in [2.24, 2.45) is 0 Å². The second kappa shape index (κ2) is 11.2. The van der Waals surface area contributed by atoms with E-state index in [9.17, 15) is 9.59 Å². The lowest BCUT2D eigenvalue weighted by Crippen LogP contribution is -2.58. The van der Waals surface area contributed by atoms with Crippen molar-refractivity contribution in [3.8, 4) is 0 Å². The monoisotopic (exact) mass is 534 g/mol. The Morgan fingerprint density at radius 1 is 1.09 bits per heavy atom. The predicted octanol–water partition coefficient (Wildman–Crippen LogP) is 4.08. The summed E-state index contributed by atoms with van der Waals surface area (Å²) in [5.74, 6) is -0.595. The number of amides is 2. The predicted molar refractivity (Wildman–Crippen MR) is 143 cm³/mol. The second-order valence-corrected chi connectivity index (χ2v) is 10.6. The minimum absolute atomic E-state index is 0.262. The van der Waals surface area contributed by atoms with E-state index in [1.54, 1.807) is 24.3 Å². The zero-order valence-electron chi connectivity index (χ0n) is 18.5. The molecule has 34 heavy (non-hydrogen) atoms. The maximum Gasteiger partial charge on any atom is 0.266 e. The van der Waals surface area contributed by atoms with Crippen LogP contribution in [0, 0.1) is 0 Å². The molecule has 0 unspecified atom stereocenters. The zero-order valence-corrected chi connectivity index (χ0v) is 21.7. The summed E-state index contributed by atoms with van der Waals surface area (Å²) < 4.78 is 0.328. The molecule has 0 aromatic heterocycles. The van der Waals surface area contributed by atoms with Crippen LogP contribution in [0.1, 0.15) is 11.1 Å². The number of likely N-dealkylation sites (N-methyl/N-ethyl adjacent to an activating group) is 1. The molecule has 0 bridgehead atoms. The molecule has 2 aromatic rings. The third-order valence-corrected chi connectivity index (χ3v) is 7.75. The third-order valence-electron chi connectivity index (χ3n) is 5.76. The van der Waals surface area contributed by atoms with Gasteiger partial charge in [0, 0.05) is 48.2 Å². The molecule has 2 heterocycles. The summed E-state index contributed by atoms with van der Waals surface area (Å²) >= 11 is 19.3. The van der Waals surface area contributed by atoms with Gasteiger partial charge in [0.2, 0.25) is 0 Å². The first kappa shape index (κ1) is 25.2. The van der Waals surface area contributed by atoms with Crippen LogP contribution >= 0.6 is 47.2 Å². The summed E-state index contributed by atoms with van der Waals surface area (Å²) in [6.07, 6.45) is 1.98. The molecule has 0 spiro atoms. The van der Waals surface area contributed by atoms with E-state index in [2.05, 4.69) is 17.4 Å². The van der Waals surface area contributed by atoms with E-state index in [-0.39, 0.29) is 11.8 Å². The number of benzene rings is 2. The molecule has 0 saturated carbocycles. The van der Waals surface area contributed by atoms with E-state index < -0.39 is 6.04 Å². The molecular weight excluding hydrogens is 511 g/mol. The maximum absolute atomic E-state index is 13.5.